The Morgan fingerprint density at radius 1 is 0.778 bits per heavy atom. The molecule has 1 nitrogen and oxygen atoms in total. The molecule has 0 bridgehead atoms. The lowest BCUT2D eigenvalue weighted by Crippen LogP contribution is -2.11. The van der Waals surface area contributed by atoms with Crippen LogP contribution in [-0.4, -0.2) is 13.3 Å². The van der Waals surface area contributed by atoms with Crippen molar-refractivity contribution in [3.8, 4) is 16.9 Å². The molecule has 1 aliphatic carbocycles. The summed E-state index contributed by atoms with van der Waals surface area (Å²) in [5.41, 5.74) is 2.24. The van der Waals surface area contributed by atoms with Crippen molar-refractivity contribution in [3.05, 3.63) is 65.7 Å². The van der Waals surface area contributed by atoms with Crippen molar-refractivity contribution in [2.45, 2.75) is 96.3 Å². The summed E-state index contributed by atoms with van der Waals surface area (Å²) in [7, 11) is 0. The van der Waals surface area contributed by atoms with Crippen LogP contribution in [0.2, 0.25) is 0 Å². The van der Waals surface area contributed by atoms with Gasteiger partial charge in [-0.2, -0.15) is 4.39 Å². The predicted octanol–water partition coefficient (Wildman–Crippen LogP) is 10.3. The minimum absolute atomic E-state index is 0.0426. The Hall–Kier alpha value is -2.23. The van der Waals surface area contributed by atoms with Gasteiger partial charge in [-0.05, 0) is 87.0 Å². The molecule has 0 atom stereocenters. The Morgan fingerprint density at radius 2 is 1.42 bits per heavy atom. The standard InChI is InChI=1S/C32H43F3O/c1-2-36-30-23-22-29(31(34)32(30)35)28-20-18-27(19-21-28)26-16-14-25(15-17-26)13-11-9-7-5-3-4-6-8-10-12-24-33/h11,13,18-23,25-26H,2-10,12,14-17,24H2,1H3. The first-order chi connectivity index (χ1) is 17.6. The summed E-state index contributed by atoms with van der Waals surface area (Å²) in [6.45, 7) is 1.88. The van der Waals surface area contributed by atoms with Crippen LogP contribution < -0.4 is 4.74 Å². The average Bonchev–Trinajstić information content (AvgIpc) is 2.91. The van der Waals surface area contributed by atoms with Gasteiger partial charge in [-0.3, -0.25) is 4.39 Å². The van der Waals surface area contributed by atoms with E-state index in [2.05, 4.69) is 24.3 Å². The second kappa shape index (κ2) is 15.8. The number of halogens is 3. The van der Waals surface area contributed by atoms with Crippen molar-refractivity contribution in [2.75, 3.05) is 13.3 Å². The molecule has 0 unspecified atom stereocenters. The zero-order chi connectivity index (χ0) is 25.6. The van der Waals surface area contributed by atoms with E-state index < -0.39 is 11.6 Å². The Morgan fingerprint density at radius 3 is 2.06 bits per heavy atom. The number of hydrogen-bond donors (Lipinski definition) is 0. The molecule has 1 fully saturated rings. The number of rotatable bonds is 15. The van der Waals surface area contributed by atoms with E-state index >= 15 is 0 Å². The molecule has 0 radical (unpaired) electrons. The fourth-order valence-electron chi connectivity index (χ4n) is 5.31. The normalized spacial score (nSPS) is 18.1. The molecule has 3 rings (SSSR count). The number of allylic oxidation sites excluding steroid dienone is 2. The largest absolute Gasteiger partial charge is 0.491 e. The fraction of sp³-hybridized carbons (Fsp3) is 0.562. The molecule has 0 N–H and O–H groups in total. The molecule has 1 saturated carbocycles. The average molecular weight is 501 g/mol. The lowest BCUT2D eigenvalue weighted by molar-refractivity contribution is 0.314. The summed E-state index contributed by atoms with van der Waals surface area (Å²) >= 11 is 0. The van der Waals surface area contributed by atoms with Crippen LogP contribution in [0.25, 0.3) is 11.1 Å². The lowest BCUT2D eigenvalue weighted by atomic mass is 9.78. The highest BCUT2D eigenvalue weighted by Crippen LogP contribution is 2.37. The topological polar surface area (TPSA) is 9.23 Å². The Bertz CT molecular complexity index is 914. The molecular weight excluding hydrogens is 457 g/mol. The van der Waals surface area contributed by atoms with Crippen molar-refractivity contribution < 1.29 is 17.9 Å². The summed E-state index contributed by atoms with van der Waals surface area (Å²) in [5, 5.41) is 0. The van der Waals surface area contributed by atoms with E-state index in [9.17, 15) is 13.2 Å². The van der Waals surface area contributed by atoms with Crippen LogP contribution in [-0.2, 0) is 0 Å². The third-order valence-corrected chi connectivity index (χ3v) is 7.47. The molecular formula is C32H43F3O. The molecule has 198 valence electrons. The number of ether oxygens (including phenoxy) is 1. The molecule has 0 amide bonds. The molecule has 0 spiro atoms. The first-order valence-electron chi connectivity index (χ1n) is 14.1. The van der Waals surface area contributed by atoms with Gasteiger partial charge in [0.15, 0.2) is 11.6 Å². The first kappa shape index (κ1) is 28.3. The molecule has 0 saturated heterocycles. The molecule has 36 heavy (non-hydrogen) atoms. The van der Waals surface area contributed by atoms with Gasteiger partial charge in [0.25, 0.3) is 0 Å². The van der Waals surface area contributed by atoms with Gasteiger partial charge in [-0.25, -0.2) is 4.39 Å². The van der Waals surface area contributed by atoms with E-state index in [1.165, 1.54) is 82.3 Å². The lowest BCUT2D eigenvalue weighted by Gasteiger charge is -2.27. The van der Waals surface area contributed by atoms with E-state index in [0.717, 1.165) is 12.8 Å². The zero-order valence-electron chi connectivity index (χ0n) is 21.9. The predicted molar refractivity (Wildman–Crippen MR) is 144 cm³/mol. The molecule has 4 heteroatoms. The minimum atomic E-state index is -0.925. The van der Waals surface area contributed by atoms with Gasteiger partial charge in [0.05, 0.1) is 13.3 Å². The van der Waals surface area contributed by atoms with E-state index in [4.69, 9.17) is 4.74 Å². The number of alkyl halides is 1. The van der Waals surface area contributed by atoms with Gasteiger partial charge in [0.2, 0.25) is 5.82 Å². The quantitative estimate of drug-likeness (QED) is 0.175. The van der Waals surface area contributed by atoms with Crippen molar-refractivity contribution >= 4 is 0 Å². The van der Waals surface area contributed by atoms with Crippen LogP contribution in [0.3, 0.4) is 0 Å². The molecule has 0 aromatic heterocycles. The van der Waals surface area contributed by atoms with Gasteiger partial charge in [0, 0.05) is 5.56 Å². The van der Waals surface area contributed by atoms with Crippen LogP contribution in [0.1, 0.15) is 102 Å². The summed E-state index contributed by atoms with van der Waals surface area (Å²) in [6.07, 6.45) is 20.1. The second-order valence-electron chi connectivity index (χ2n) is 10.1. The maximum absolute atomic E-state index is 14.6. The van der Waals surface area contributed by atoms with Gasteiger partial charge < -0.3 is 4.74 Å². The first-order valence-corrected chi connectivity index (χ1v) is 14.1. The molecule has 0 aliphatic heterocycles. The third-order valence-electron chi connectivity index (χ3n) is 7.47. The summed E-state index contributed by atoms with van der Waals surface area (Å²) in [4.78, 5) is 0. The van der Waals surface area contributed by atoms with Crippen molar-refractivity contribution in [2.24, 2.45) is 5.92 Å². The van der Waals surface area contributed by atoms with E-state index in [1.807, 2.05) is 12.1 Å². The van der Waals surface area contributed by atoms with Crippen LogP contribution in [0, 0.1) is 17.6 Å². The number of hydrogen-bond acceptors (Lipinski definition) is 1. The maximum Gasteiger partial charge on any atom is 0.201 e. The van der Waals surface area contributed by atoms with E-state index in [-0.39, 0.29) is 18.0 Å². The Balaban J connectivity index is 1.37. The monoisotopic (exact) mass is 500 g/mol. The minimum Gasteiger partial charge on any atom is -0.491 e. The summed E-state index contributed by atoms with van der Waals surface area (Å²) in [6, 6.07) is 11.1. The summed E-state index contributed by atoms with van der Waals surface area (Å²) in [5.74, 6) is -0.607. The number of unbranched alkanes of at least 4 members (excludes halogenated alkanes) is 8. The highest BCUT2D eigenvalue weighted by Gasteiger charge is 2.21. The van der Waals surface area contributed by atoms with Crippen LogP contribution in [0.4, 0.5) is 13.2 Å². The third kappa shape index (κ3) is 8.71. The SMILES string of the molecule is CCOc1ccc(-c2ccc(C3CCC(C=CCCCCCCCCCCF)CC3)cc2)c(F)c1F. The van der Waals surface area contributed by atoms with Gasteiger partial charge >= 0.3 is 0 Å². The van der Waals surface area contributed by atoms with Crippen LogP contribution >= 0.6 is 0 Å². The highest BCUT2D eigenvalue weighted by molar-refractivity contribution is 5.65. The maximum atomic E-state index is 14.6. The zero-order valence-corrected chi connectivity index (χ0v) is 21.9. The second-order valence-corrected chi connectivity index (χ2v) is 10.1. The van der Waals surface area contributed by atoms with E-state index in [1.54, 1.807) is 13.0 Å². The molecule has 2 aromatic carbocycles. The number of benzene rings is 2. The van der Waals surface area contributed by atoms with Gasteiger partial charge in [-0.15, -0.1) is 0 Å². The highest BCUT2D eigenvalue weighted by atomic mass is 19.2. The van der Waals surface area contributed by atoms with Crippen molar-refractivity contribution in [1.29, 1.82) is 0 Å². The molecule has 1 aliphatic rings. The Labute approximate surface area is 216 Å². The smallest absolute Gasteiger partial charge is 0.201 e. The van der Waals surface area contributed by atoms with Gasteiger partial charge in [-0.1, -0.05) is 74.9 Å². The molecule has 0 heterocycles. The van der Waals surface area contributed by atoms with E-state index in [0.29, 0.717) is 24.0 Å². The van der Waals surface area contributed by atoms with Crippen molar-refractivity contribution in [3.63, 3.8) is 0 Å². The molecule has 2 aromatic rings. The summed E-state index contributed by atoms with van der Waals surface area (Å²) < 4.78 is 46.0. The Kier molecular flexibility index (Phi) is 12.4. The van der Waals surface area contributed by atoms with Crippen LogP contribution in [0.5, 0.6) is 5.75 Å². The van der Waals surface area contributed by atoms with Gasteiger partial charge in [0.1, 0.15) is 0 Å². The fourth-order valence-corrected chi connectivity index (χ4v) is 5.31. The van der Waals surface area contributed by atoms with Crippen molar-refractivity contribution in [1.82, 2.24) is 0 Å². The van der Waals surface area contributed by atoms with Crippen LogP contribution in [0.15, 0.2) is 48.6 Å².